The van der Waals surface area contributed by atoms with E-state index in [1.54, 1.807) is 6.26 Å². The Kier molecular flexibility index (Phi) is 7.79. The van der Waals surface area contributed by atoms with Gasteiger partial charge in [-0.2, -0.15) is 0 Å². The van der Waals surface area contributed by atoms with E-state index >= 15 is 0 Å². The normalized spacial score (nSPS) is 16.2. The molecule has 0 aliphatic heterocycles. The minimum absolute atomic E-state index is 0.323. The summed E-state index contributed by atoms with van der Waals surface area (Å²) in [6.07, 6.45) is 3.47. The molecule has 1 aromatic heterocycles. The van der Waals surface area contributed by atoms with Gasteiger partial charge in [0.05, 0.1) is 19.0 Å². The van der Waals surface area contributed by atoms with Crippen LogP contribution in [-0.4, -0.2) is 30.4 Å². The lowest BCUT2D eigenvalue weighted by Gasteiger charge is -2.19. The molecule has 0 aromatic carbocycles. The van der Waals surface area contributed by atoms with Gasteiger partial charge in [-0.1, -0.05) is 20.3 Å². The van der Waals surface area contributed by atoms with E-state index in [9.17, 15) is 5.11 Å². The molecule has 0 spiro atoms. The summed E-state index contributed by atoms with van der Waals surface area (Å²) in [5.74, 6) is 1.50. The van der Waals surface area contributed by atoms with Gasteiger partial charge in [-0.15, -0.1) is 0 Å². The van der Waals surface area contributed by atoms with Crippen molar-refractivity contribution < 1.29 is 14.3 Å². The summed E-state index contributed by atoms with van der Waals surface area (Å²) in [5.41, 5.74) is 0. The largest absolute Gasteiger partial charge is 0.467 e. The third kappa shape index (κ3) is 7.35. The fourth-order valence-electron chi connectivity index (χ4n) is 1.94. The average molecular weight is 269 g/mol. The van der Waals surface area contributed by atoms with Crippen molar-refractivity contribution in [3.05, 3.63) is 24.2 Å². The molecule has 110 valence electrons. The van der Waals surface area contributed by atoms with Crippen molar-refractivity contribution in [3.8, 4) is 0 Å². The van der Waals surface area contributed by atoms with Crippen LogP contribution in [0.25, 0.3) is 0 Å². The molecule has 0 saturated carbocycles. The van der Waals surface area contributed by atoms with Crippen LogP contribution < -0.4 is 5.32 Å². The standard InChI is InChI=1S/C15H27NO3/c1-4-12(2)8-13(3)16-9-14(17)10-18-11-15-6-5-7-19-15/h5-7,12-14,16-17H,4,8-11H2,1-3H3. The number of ether oxygens (including phenoxy) is 1. The van der Waals surface area contributed by atoms with Crippen molar-refractivity contribution in [1.29, 1.82) is 0 Å². The van der Waals surface area contributed by atoms with E-state index < -0.39 is 6.10 Å². The summed E-state index contributed by atoms with van der Waals surface area (Å²) in [6.45, 7) is 7.91. The Morgan fingerprint density at radius 2 is 2.21 bits per heavy atom. The second kappa shape index (κ2) is 9.13. The van der Waals surface area contributed by atoms with Crippen LogP contribution in [0.4, 0.5) is 0 Å². The van der Waals surface area contributed by atoms with Gasteiger partial charge in [-0.05, 0) is 31.4 Å². The first-order chi connectivity index (χ1) is 9.11. The summed E-state index contributed by atoms with van der Waals surface area (Å²) in [5, 5.41) is 13.1. The zero-order valence-electron chi connectivity index (χ0n) is 12.3. The van der Waals surface area contributed by atoms with Crippen molar-refractivity contribution in [2.24, 2.45) is 5.92 Å². The first-order valence-electron chi connectivity index (χ1n) is 7.13. The molecule has 0 aliphatic rings. The van der Waals surface area contributed by atoms with Crippen LogP contribution in [0.2, 0.25) is 0 Å². The number of hydrogen-bond acceptors (Lipinski definition) is 4. The Morgan fingerprint density at radius 1 is 1.42 bits per heavy atom. The highest BCUT2D eigenvalue weighted by Crippen LogP contribution is 2.09. The molecule has 4 nitrogen and oxygen atoms in total. The predicted molar refractivity (Wildman–Crippen MR) is 75.9 cm³/mol. The van der Waals surface area contributed by atoms with E-state index in [2.05, 4.69) is 26.1 Å². The molecular weight excluding hydrogens is 242 g/mol. The Labute approximate surface area is 116 Å². The Balaban J connectivity index is 2.05. The van der Waals surface area contributed by atoms with Crippen molar-refractivity contribution in [3.63, 3.8) is 0 Å². The summed E-state index contributed by atoms with van der Waals surface area (Å²) < 4.78 is 10.5. The molecule has 19 heavy (non-hydrogen) atoms. The van der Waals surface area contributed by atoms with Crippen LogP contribution in [0, 0.1) is 5.92 Å². The number of aliphatic hydroxyl groups is 1. The number of hydrogen-bond donors (Lipinski definition) is 2. The smallest absolute Gasteiger partial charge is 0.129 e. The molecule has 2 N–H and O–H groups in total. The van der Waals surface area contributed by atoms with Gasteiger partial charge in [-0.3, -0.25) is 0 Å². The topological polar surface area (TPSA) is 54.6 Å². The van der Waals surface area contributed by atoms with E-state index in [4.69, 9.17) is 9.15 Å². The maximum atomic E-state index is 9.80. The summed E-state index contributed by atoms with van der Waals surface area (Å²) in [6, 6.07) is 4.11. The first kappa shape index (κ1) is 16.2. The van der Waals surface area contributed by atoms with Gasteiger partial charge in [0.2, 0.25) is 0 Å². The summed E-state index contributed by atoms with van der Waals surface area (Å²) in [4.78, 5) is 0. The number of aliphatic hydroxyl groups excluding tert-OH is 1. The molecule has 0 amide bonds. The molecular formula is C15H27NO3. The minimum Gasteiger partial charge on any atom is -0.467 e. The monoisotopic (exact) mass is 269 g/mol. The second-order valence-corrected chi connectivity index (χ2v) is 5.31. The van der Waals surface area contributed by atoms with E-state index in [-0.39, 0.29) is 0 Å². The maximum Gasteiger partial charge on any atom is 0.129 e. The van der Waals surface area contributed by atoms with Gasteiger partial charge >= 0.3 is 0 Å². The van der Waals surface area contributed by atoms with E-state index in [1.165, 1.54) is 6.42 Å². The minimum atomic E-state index is -0.477. The van der Waals surface area contributed by atoms with E-state index in [0.29, 0.717) is 25.8 Å². The SMILES string of the molecule is CCC(C)CC(C)NCC(O)COCc1ccco1. The molecule has 0 radical (unpaired) electrons. The molecule has 0 saturated heterocycles. The maximum absolute atomic E-state index is 9.80. The zero-order valence-corrected chi connectivity index (χ0v) is 12.3. The molecule has 1 rings (SSSR count). The zero-order chi connectivity index (χ0) is 14.1. The van der Waals surface area contributed by atoms with Crippen LogP contribution in [0.3, 0.4) is 0 Å². The summed E-state index contributed by atoms with van der Waals surface area (Å²) in [7, 11) is 0. The lowest BCUT2D eigenvalue weighted by molar-refractivity contribution is 0.0214. The average Bonchev–Trinajstić information content (AvgIpc) is 2.89. The van der Waals surface area contributed by atoms with Crippen molar-refractivity contribution in [2.75, 3.05) is 13.2 Å². The Morgan fingerprint density at radius 3 is 2.84 bits per heavy atom. The predicted octanol–water partition coefficient (Wildman–Crippen LogP) is 2.57. The number of nitrogens with one attached hydrogen (secondary N) is 1. The molecule has 0 fully saturated rings. The van der Waals surface area contributed by atoms with Crippen molar-refractivity contribution in [2.45, 2.75) is 52.4 Å². The molecule has 3 atom stereocenters. The van der Waals surface area contributed by atoms with Gasteiger partial charge in [0.25, 0.3) is 0 Å². The third-order valence-electron chi connectivity index (χ3n) is 3.29. The van der Waals surface area contributed by atoms with Crippen LogP contribution >= 0.6 is 0 Å². The molecule has 0 aliphatic carbocycles. The van der Waals surface area contributed by atoms with Gasteiger partial charge in [0, 0.05) is 12.6 Å². The summed E-state index contributed by atoms with van der Waals surface area (Å²) >= 11 is 0. The quantitative estimate of drug-likeness (QED) is 0.685. The van der Waals surface area contributed by atoms with Crippen LogP contribution in [0.1, 0.15) is 39.4 Å². The fraction of sp³-hybridized carbons (Fsp3) is 0.733. The highest BCUT2D eigenvalue weighted by atomic mass is 16.5. The number of rotatable bonds is 10. The number of furan rings is 1. The van der Waals surface area contributed by atoms with Gasteiger partial charge < -0.3 is 19.6 Å². The van der Waals surface area contributed by atoms with Gasteiger partial charge in [-0.25, -0.2) is 0 Å². The van der Waals surface area contributed by atoms with Crippen molar-refractivity contribution >= 4 is 0 Å². The molecule has 4 heteroatoms. The third-order valence-corrected chi connectivity index (χ3v) is 3.29. The van der Waals surface area contributed by atoms with Crippen LogP contribution in [-0.2, 0) is 11.3 Å². The van der Waals surface area contributed by atoms with Gasteiger partial charge in [0.15, 0.2) is 0 Å². The highest BCUT2D eigenvalue weighted by molar-refractivity contribution is 4.96. The lowest BCUT2D eigenvalue weighted by atomic mass is 10.0. The Hall–Kier alpha value is -0.840. The molecule has 1 heterocycles. The fourth-order valence-corrected chi connectivity index (χ4v) is 1.94. The second-order valence-electron chi connectivity index (χ2n) is 5.31. The Bertz CT molecular complexity index is 313. The molecule has 1 aromatic rings. The van der Waals surface area contributed by atoms with E-state index in [1.807, 2.05) is 12.1 Å². The van der Waals surface area contributed by atoms with Gasteiger partial charge in [0.1, 0.15) is 12.4 Å². The van der Waals surface area contributed by atoms with E-state index in [0.717, 1.165) is 18.1 Å². The molecule has 0 bridgehead atoms. The van der Waals surface area contributed by atoms with Crippen molar-refractivity contribution in [1.82, 2.24) is 5.32 Å². The first-order valence-corrected chi connectivity index (χ1v) is 7.13. The molecule has 3 unspecified atom stereocenters. The lowest BCUT2D eigenvalue weighted by Crippen LogP contribution is -2.36. The highest BCUT2D eigenvalue weighted by Gasteiger charge is 2.10. The van der Waals surface area contributed by atoms with Crippen LogP contribution in [0.5, 0.6) is 0 Å². The van der Waals surface area contributed by atoms with Crippen LogP contribution in [0.15, 0.2) is 22.8 Å².